The van der Waals surface area contributed by atoms with Crippen molar-refractivity contribution in [3.8, 4) is 0 Å². The zero-order valence-electron chi connectivity index (χ0n) is 13.9. The van der Waals surface area contributed by atoms with Crippen molar-refractivity contribution < 1.29 is 0 Å². The molecule has 0 spiro atoms. The van der Waals surface area contributed by atoms with E-state index in [1.807, 2.05) is 0 Å². The second-order valence-electron chi connectivity index (χ2n) is 7.23. The van der Waals surface area contributed by atoms with E-state index in [1.165, 1.54) is 55.3 Å². The number of fused-ring (bicyclic) bond motifs is 2. The highest BCUT2D eigenvalue weighted by Crippen LogP contribution is 2.30. The highest BCUT2D eigenvalue weighted by Gasteiger charge is 2.35. The fourth-order valence-corrected chi connectivity index (χ4v) is 4.40. The topological polar surface area (TPSA) is 15.3 Å². The summed E-state index contributed by atoms with van der Waals surface area (Å²) in [6, 6.07) is 9.36. The number of nitrogens with one attached hydrogen (secondary N) is 1. The quantitative estimate of drug-likeness (QED) is 0.885. The van der Waals surface area contributed by atoms with Gasteiger partial charge in [-0.2, -0.15) is 0 Å². The van der Waals surface area contributed by atoms with Crippen molar-refractivity contribution in [2.24, 2.45) is 0 Å². The average molecular weight is 286 g/mol. The van der Waals surface area contributed by atoms with Crippen LogP contribution in [0.25, 0.3) is 0 Å². The van der Waals surface area contributed by atoms with Crippen LogP contribution in [-0.2, 0) is 6.54 Å². The van der Waals surface area contributed by atoms with Gasteiger partial charge in [0.2, 0.25) is 0 Å². The van der Waals surface area contributed by atoms with Crippen molar-refractivity contribution in [1.29, 1.82) is 0 Å². The fourth-order valence-electron chi connectivity index (χ4n) is 4.40. The third kappa shape index (κ3) is 3.67. The van der Waals surface area contributed by atoms with Gasteiger partial charge in [0, 0.05) is 24.7 Å². The SMILES string of the molecule is CCCN(Cc1cc(C)cc(C)c1)C1CC2CCC(C1)N2. The van der Waals surface area contributed by atoms with E-state index in [0.29, 0.717) is 0 Å². The first-order chi connectivity index (χ1) is 10.1. The Hall–Kier alpha value is -0.860. The van der Waals surface area contributed by atoms with Gasteiger partial charge in [0.25, 0.3) is 0 Å². The minimum Gasteiger partial charge on any atom is -0.311 e. The maximum Gasteiger partial charge on any atom is 0.0236 e. The summed E-state index contributed by atoms with van der Waals surface area (Å²) in [6.07, 6.45) is 6.74. The molecule has 0 aliphatic carbocycles. The summed E-state index contributed by atoms with van der Waals surface area (Å²) in [4.78, 5) is 2.75. The molecule has 0 saturated carbocycles. The lowest BCUT2D eigenvalue weighted by atomic mass is 9.97. The molecule has 2 heteroatoms. The van der Waals surface area contributed by atoms with Crippen LogP contribution in [0, 0.1) is 13.8 Å². The Morgan fingerprint density at radius 3 is 2.24 bits per heavy atom. The van der Waals surface area contributed by atoms with Gasteiger partial charge in [0.05, 0.1) is 0 Å². The van der Waals surface area contributed by atoms with Gasteiger partial charge in [-0.15, -0.1) is 0 Å². The minimum absolute atomic E-state index is 0.782. The largest absolute Gasteiger partial charge is 0.311 e. The Morgan fingerprint density at radius 2 is 1.67 bits per heavy atom. The fraction of sp³-hybridized carbons (Fsp3) is 0.684. The first-order valence-corrected chi connectivity index (χ1v) is 8.71. The molecule has 2 heterocycles. The van der Waals surface area contributed by atoms with Crippen LogP contribution in [0.15, 0.2) is 18.2 Å². The number of benzene rings is 1. The molecular formula is C19H30N2. The van der Waals surface area contributed by atoms with E-state index in [-0.39, 0.29) is 0 Å². The normalized spacial score (nSPS) is 28.3. The molecule has 1 N–H and O–H groups in total. The molecule has 2 bridgehead atoms. The van der Waals surface area contributed by atoms with Crippen molar-refractivity contribution in [2.45, 2.75) is 77.5 Å². The highest BCUT2D eigenvalue weighted by molar-refractivity contribution is 5.28. The van der Waals surface area contributed by atoms with E-state index >= 15 is 0 Å². The minimum atomic E-state index is 0.782. The van der Waals surface area contributed by atoms with E-state index in [9.17, 15) is 0 Å². The van der Waals surface area contributed by atoms with E-state index in [2.05, 4.69) is 49.2 Å². The van der Waals surface area contributed by atoms with E-state index < -0.39 is 0 Å². The summed E-state index contributed by atoms with van der Waals surface area (Å²) in [6.45, 7) is 9.10. The Balaban J connectivity index is 1.72. The number of piperidine rings is 1. The first kappa shape index (κ1) is 15.1. The standard InChI is InChI=1S/C19H30N2/c1-4-7-21(13-16-9-14(2)8-15(3)10-16)19-11-17-5-6-18(12-19)20-17/h8-10,17-20H,4-7,11-13H2,1-3H3. The molecular weight excluding hydrogens is 256 g/mol. The number of aryl methyl sites for hydroxylation is 2. The maximum atomic E-state index is 3.77. The van der Waals surface area contributed by atoms with Gasteiger partial charge >= 0.3 is 0 Å². The van der Waals surface area contributed by atoms with Gasteiger partial charge in [-0.3, -0.25) is 4.90 Å². The molecule has 3 rings (SSSR count). The molecule has 2 aliphatic rings. The van der Waals surface area contributed by atoms with Gasteiger partial charge in [-0.1, -0.05) is 36.2 Å². The Labute approximate surface area is 129 Å². The van der Waals surface area contributed by atoms with Crippen LogP contribution >= 0.6 is 0 Å². The smallest absolute Gasteiger partial charge is 0.0236 e. The highest BCUT2D eigenvalue weighted by atomic mass is 15.2. The molecule has 2 unspecified atom stereocenters. The molecule has 0 amide bonds. The van der Waals surface area contributed by atoms with Crippen LogP contribution in [0.4, 0.5) is 0 Å². The Bertz CT molecular complexity index is 450. The summed E-state index contributed by atoms with van der Waals surface area (Å²) in [5.74, 6) is 0. The summed E-state index contributed by atoms with van der Waals surface area (Å²) >= 11 is 0. The number of rotatable bonds is 5. The van der Waals surface area contributed by atoms with E-state index in [0.717, 1.165) is 24.7 Å². The molecule has 0 aromatic heterocycles. The molecule has 21 heavy (non-hydrogen) atoms. The van der Waals surface area contributed by atoms with Crippen LogP contribution in [-0.4, -0.2) is 29.6 Å². The summed E-state index contributed by atoms with van der Waals surface area (Å²) in [7, 11) is 0. The van der Waals surface area contributed by atoms with Crippen LogP contribution in [0.5, 0.6) is 0 Å². The molecule has 2 fully saturated rings. The lowest BCUT2D eigenvalue weighted by Crippen LogP contribution is -2.48. The average Bonchev–Trinajstić information content (AvgIpc) is 2.76. The summed E-state index contributed by atoms with van der Waals surface area (Å²) in [5, 5.41) is 3.77. The van der Waals surface area contributed by atoms with Crippen molar-refractivity contribution >= 4 is 0 Å². The van der Waals surface area contributed by atoms with Gasteiger partial charge in [-0.25, -0.2) is 0 Å². The van der Waals surface area contributed by atoms with Crippen LogP contribution in [0.3, 0.4) is 0 Å². The molecule has 2 saturated heterocycles. The van der Waals surface area contributed by atoms with Crippen molar-refractivity contribution in [3.63, 3.8) is 0 Å². The van der Waals surface area contributed by atoms with Crippen LogP contribution in [0.1, 0.15) is 55.7 Å². The molecule has 0 radical (unpaired) electrons. The third-order valence-electron chi connectivity index (χ3n) is 5.14. The third-order valence-corrected chi connectivity index (χ3v) is 5.14. The maximum absolute atomic E-state index is 3.77. The predicted octanol–water partition coefficient (Wildman–Crippen LogP) is 3.80. The van der Waals surface area contributed by atoms with Crippen molar-refractivity contribution in [1.82, 2.24) is 10.2 Å². The molecule has 2 aliphatic heterocycles. The molecule has 1 aromatic carbocycles. The molecule has 2 nitrogen and oxygen atoms in total. The van der Waals surface area contributed by atoms with Crippen LogP contribution < -0.4 is 5.32 Å². The zero-order valence-corrected chi connectivity index (χ0v) is 13.9. The predicted molar refractivity (Wildman–Crippen MR) is 89.6 cm³/mol. The van der Waals surface area contributed by atoms with Gasteiger partial charge in [-0.05, 0) is 58.1 Å². The lowest BCUT2D eigenvalue weighted by Gasteiger charge is -2.38. The second-order valence-corrected chi connectivity index (χ2v) is 7.23. The summed E-state index contributed by atoms with van der Waals surface area (Å²) < 4.78 is 0. The van der Waals surface area contributed by atoms with Crippen molar-refractivity contribution in [3.05, 3.63) is 34.9 Å². The summed E-state index contributed by atoms with van der Waals surface area (Å²) in [5.41, 5.74) is 4.28. The van der Waals surface area contributed by atoms with Crippen molar-refractivity contribution in [2.75, 3.05) is 6.54 Å². The molecule has 116 valence electrons. The second kappa shape index (κ2) is 6.50. The monoisotopic (exact) mass is 286 g/mol. The molecule has 2 atom stereocenters. The van der Waals surface area contributed by atoms with E-state index in [4.69, 9.17) is 0 Å². The van der Waals surface area contributed by atoms with Gasteiger partial charge in [0.15, 0.2) is 0 Å². The van der Waals surface area contributed by atoms with E-state index in [1.54, 1.807) is 0 Å². The number of hydrogen-bond acceptors (Lipinski definition) is 2. The van der Waals surface area contributed by atoms with Crippen LogP contribution in [0.2, 0.25) is 0 Å². The number of nitrogens with zero attached hydrogens (tertiary/aromatic N) is 1. The number of hydrogen-bond donors (Lipinski definition) is 1. The Kier molecular flexibility index (Phi) is 4.66. The van der Waals surface area contributed by atoms with Gasteiger partial charge < -0.3 is 5.32 Å². The zero-order chi connectivity index (χ0) is 14.8. The lowest BCUT2D eigenvalue weighted by molar-refractivity contribution is 0.134. The Morgan fingerprint density at radius 1 is 1.05 bits per heavy atom. The first-order valence-electron chi connectivity index (χ1n) is 8.71. The molecule has 1 aromatic rings. The van der Waals surface area contributed by atoms with Gasteiger partial charge in [0.1, 0.15) is 0 Å².